The average Bonchev–Trinajstić information content (AvgIpc) is 2.63. The van der Waals surface area contributed by atoms with Crippen molar-refractivity contribution in [1.82, 2.24) is 0 Å². The summed E-state index contributed by atoms with van der Waals surface area (Å²) in [5, 5.41) is 19.1. The number of carboxylic acid groups (broad SMARTS) is 1. The Morgan fingerprint density at radius 3 is 2.69 bits per heavy atom. The molecule has 1 saturated carbocycles. The molecule has 1 aromatic carbocycles. The van der Waals surface area contributed by atoms with Crippen LogP contribution < -0.4 is 0 Å². The molecule has 0 bridgehead atoms. The number of phenolic OH excluding ortho intramolecular Hbond substituents is 1. The van der Waals surface area contributed by atoms with Crippen LogP contribution in [0.3, 0.4) is 0 Å². The van der Waals surface area contributed by atoms with E-state index >= 15 is 0 Å². The molecule has 3 rings (SSSR count). The first-order valence-corrected chi connectivity index (χ1v) is 9.56. The second-order valence-corrected chi connectivity index (χ2v) is 7.28. The highest BCUT2D eigenvalue weighted by molar-refractivity contribution is 5.66. The fourth-order valence-corrected chi connectivity index (χ4v) is 3.89. The molecule has 0 aromatic heterocycles. The van der Waals surface area contributed by atoms with Crippen molar-refractivity contribution in [3.8, 4) is 5.75 Å². The summed E-state index contributed by atoms with van der Waals surface area (Å²) in [7, 11) is 0. The lowest BCUT2D eigenvalue weighted by Gasteiger charge is -2.46. The zero-order valence-corrected chi connectivity index (χ0v) is 15.1. The standard InChI is InChI=1S/C21H28O5/c22-18-11-6-5-10-17(18)20-16(9-3-1-4-12-19(23)24)15-25-21(26-20)13-7-2-8-14-21/h1,3,5-6,10-11,16,20,22H,2,4,7-9,12-15H2,(H,23,24)/b3-1-/t16-,20+/m1/s1. The predicted octanol–water partition coefficient (Wildman–Crippen LogP) is 4.57. The lowest BCUT2D eigenvalue weighted by atomic mass is 9.87. The monoisotopic (exact) mass is 360 g/mol. The zero-order valence-electron chi connectivity index (χ0n) is 15.1. The number of ether oxygens (including phenoxy) is 2. The van der Waals surface area contributed by atoms with Crippen molar-refractivity contribution in [2.24, 2.45) is 5.92 Å². The van der Waals surface area contributed by atoms with E-state index in [0.717, 1.165) is 37.7 Å². The summed E-state index contributed by atoms with van der Waals surface area (Å²) in [6.07, 6.45) is 10.3. The quantitative estimate of drug-likeness (QED) is 0.727. The molecule has 1 spiro atoms. The molecule has 0 radical (unpaired) electrons. The maximum absolute atomic E-state index is 10.6. The van der Waals surface area contributed by atoms with Crippen LogP contribution in [0.2, 0.25) is 0 Å². The molecule has 1 aromatic rings. The number of rotatable bonds is 6. The first-order chi connectivity index (χ1) is 12.6. The first kappa shape index (κ1) is 18.9. The van der Waals surface area contributed by atoms with E-state index in [4.69, 9.17) is 14.6 Å². The van der Waals surface area contributed by atoms with Crippen LogP contribution in [0.25, 0.3) is 0 Å². The van der Waals surface area contributed by atoms with Gasteiger partial charge in [0.1, 0.15) is 5.75 Å². The molecule has 1 aliphatic carbocycles. The van der Waals surface area contributed by atoms with Gasteiger partial charge < -0.3 is 19.7 Å². The maximum Gasteiger partial charge on any atom is 0.303 e. The number of hydrogen-bond acceptors (Lipinski definition) is 4. The lowest BCUT2D eigenvalue weighted by Crippen LogP contribution is -2.46. The Hall–Kier alpha value is -1.85. The van der Waals surface area contributed by atoms with Crippen LogP contribution in [0.1, 0.15) is 63.0 Å². The SMILES string of the molecule is O=C(O)CC/C=C\C[C@@H]1COC2(CCCCC2)O[C@@H]1c1ccccc1O. The molecule has 2 fully saturated rings. The van der Waals surface area contributed by atoms with Crippen LogP contribution in [-0.2, 0) is 14.3 Å². The van der Waals surface area contributed by atoms with Gasteiger partial charge in [-0.25, -0.2) is 0 Å². The normalized spacial score (nSPS) is 25.5. The fraction of sp³-hybridized carbons (Fsp3) is 0.571. The topological polar surface area (TPSA) is 76.0 Å². The molecular formula is C21H28O5. The van der Waals surface area contributed by atoms with Gasteiger partial charge in [0.2, 0.25) is 0 Å². The van der Waals surface area contributed by atoms with Crippen molar-refractivity contribution in [3.63, 3.8) is 0 Å². The summed E-state index contributed by atoms with van der Waals surface area (Å²) < 4.78 is 12.7. The van der Waals surface area contributed by atoms with Gasteiger partial charge in [-0.05, 0) is 31.7 Å². The maximum atomic E-state index is 10.6. The number of phenols is 1. The van der Waals surface area contributed by atoms with Crippen LogP contribution >= 0.6 is 0 Å². The highest BCUT2D eigenvalue weighted by Gasteiger charge is 2.44. The van der Waals surface area contributed by atoms with Gasteiger partial charge in [-0.1, -0.05) is 36.8 Å². The van der Waals surface area contributed by atoms with E-state index in [0.29, 0.717) is 13.0 Å². The van der Waals surface area contributed by atoms with Crippen molar-refractivity contribution in [1.29, 1.82) is 0 Å². The van der Waals surface area contributed by atoms with Crippen molar-refractivity contribution in [2.45, 2.75) is 63.3 Å². The Morgan fingerprint density at radius 2 is 1.96 bits per heavy atom. The fourth-order valence-electron chi connectivity index (χ4n) is 3.89. The highest BCUT2D eigenvalue weighted by Crippen LogP contribution is 2.46. The average molecular weight is 360 g/mol. The van der Waals surface area contributed by atoms with Crippen LogP contribution in [0.4, 0.5) is 0 Å². The van der Waals surface area contributed by atoms with Crippen LogP contribution in [0.15, 0.2) is 36.4 Å². The number of benzene rings is 1. The minimum absolute atomic E-state index is 0.0944. The second-order valence-electron chi connectivity index (χ2n) is 7.28. The van der Waals surface area contributed by atoms with Crippen LogP contribution in [0, 0.1) is 5.92 Å². The molecule has 1 heterocycles. The summed E-state index contributed by atoms with van der Waals surface area (Å²) >= 11 is 0. The van der Waals surface area contributed by atoms with E-state index in [9.17, 15) is 9.90 Å². The van der Waals surface area contributed by atoms with Gasteiger partial charge in [0.15, 0.2) is 5.79 Å². The number of para-hydroxylation sites is 1. The summed E-state index contributed by atoms with van der Waals surface area (Å²) in [5.74, 6) is -0.957. The molecule has 5 nitrogen and oxygen atoms in total. The number of carbonyl (C=O) groups is 1. The van der Waals surface area contributed by atoms with Crippen molar-refractivity contribution < 1.29 is 24.5 Å². The number of carboxylic acids is 1. The van der Waals surface area contributed by atoms with Crippen molar-refractivity contribution in [3.05, 3.63) is 42.0 Å². The zero-order chi connectivity index (χ0) is 18.4. The number of hydrogen-bond donors (Lipinski definition) is 2. The van der Waals surface area contributed by atoms with E-state index in [1.165, 1.54) is 6.42 Å². The third-order valence-corrected chi connectivity index (χ3v) is 5.32. The molecule has 142 valence electrons. The molecule has 0 amide bonds. The van der Waals surface area contributed by atoms with E-state index in [1.54, 1.807) is 6.07 Å². The number of aromatic hydroxyl groups is 1. The minimum Gasteiger partial charge on any atom is -0.508 e. The molecule has 0 unspecified atom stereocenters. The van der Waals surface area contributed by atoms with Crippen molar-refractivity contribution >= 4 is 5.97 Å². The predicted molar refractivity (Wildman–Crippen MR) is 97.8 cm³/mol. The third-order valence-electron chi connectivity index (χ3n) is 5.32. The Balaban J connectivity index is 1.72. The third kappa shape index (κ3) is 4.65. The number of allylic oxidation sites excluding steroid dienone is 2. The first-order valence-electron chi connectivity index (χ1n) is 9.56. The molecule has 26 heavy (non-hydrogen) atoms. The highest BCUT2D eigenvalue weighted by atomic mass is 16.7. The molecule has 2 N–H and O–H groups in total. The van der Waals surface area contributed by atoms with E-state index in [2.05, 4.69) is 0 Å². The summed E-state index contributed by atoms with van der Waals surface area (Å²) in [4.78, 5) is 10.6. The minimum atomic E-state index is -0.787. The van der Waals surface area contributed by atoms with Crippen molar-refractivity contribution in [2.75, 3.05) is 6.61 Å². The Bertz CT molecular complexity index is 633. The van der Waals surface area contributed by atoms with Crippen LogP contribution in [0.5, 0.6) is 5.75 Å². The second kappa shape index (κ2) is 8.69. The smallest absolute Gasteiger partial charge is 0.303 e. The molecule has 1 saturated heterocycles. The van der Waals surface area contributed by atoms with Gasteiger partial charge in [-0.3, -0.25) is 4.79 Å². The van der Waals surface area contributed by atoms with E-state index in [-0.39, 0.29) is 24.2 Å². The largest absolute Gasteiger partial charge is 0.508 e. The van der Waals surface area contributed by atoms with Gasteiger partial charge in [0, 0.05) is 30.7 Å². The molecule has 2 aliphatic rings. The Kier molecular flexibility index (Phi) is 6.33. The number of aliphatic carboxylic acids is 1. The van der Waals surface area contributed by atoms with Gasteiger partial charge >= 0.3 is 5.97 Å². The van der Waals surface area contributed by atoms with Crippen LogP contribution in [-0.4, -0.2) is 28.6 Å². The lowest BCUT2D eigenvalue weighted by molar-refractivity contribution is -0.325. The molecule has 5 heteroatoms. The molecule has 2 atom stereocenters. The van der Waals surface area contributed by atoms with Gasteiger partial charge in [-0.15, -0.1) is 0 Å². The molecule has 1 aliphatic heterocycles. The summed E-state index contributed by atoms with van der Waals surface area (Å²) in [6, 6.07) is 7.35. The van der Waals surface area contributed by atoms with Gasteiger partial charge in [0.05, 0.1) is 12.7 Å². The van der Waals surface area contributed by atoms with Gasteiger partial charge in [-0.2, -0.15) is 0 Å². The van der Waals surface area contributed by atoms with Gasteiger partial charge in [0.25, 0.3) is 0 Å². The Labute approximate surface area is 154 Å². The molecular weight excluding hydrogens is 332 g/mol. The van der Waals surface area contributed by atoms with E-state index < -0.39 is 11.8 Å². The van der Waals surface area contributed by atoms with E-state index in [1.807, 2.05) is 30.4 Å². The summed E-state index contributed by atoms with van der Waals surface area (Å²) in [5.41, 5.74) is 0.810. The summed E-state index contributed by atoms with van der Waals surface area (Å²) in [6.45, 7) is 0.586. The Morgan fingerprint density at radius 1 is 1.19 bits per heavy atom.